The van der Waals surface area contributed by atoms with Gasteiger partial charge in [0.1, 0.15) is 11.5 Å². The van der Waals surface area contributed by atoms with Gasteiger partial charge in [0, 0.05) is 32.2 Å². The summed E-state index contributed by atoms with van der Waals surface area (Å²) < 4.78 is 38.8. The average Bonchev–Trinajstić information content (AvgIpc) is 3.28. The van der Waals surface area contributed by atoms with Crippen LogP contribution in [0.1, 0.15) is 5.82 Å². The van der Waals surface area contributed by atoms with E-state index in [0.717, 1.165) is 17.9 Å². The van der Waals surface area contributed by atoms with Gasteiger partial charge in [-0.2, -0.15) is 4.68 Å². The summed E-state index contributed by atoms with van der Waals surface area (Å²) >= 11 is 0. The molecule has 0 N–H and O–H groups in total. The Morgan fingerprint density at radius 3 is 2.41 bits per heavy atom. The predicted octanol–water partition coefficient (Wildman–Crippen LogP) is 1.67. The van der Waals surface area contributed by atoms with E-state index in [-0.39, 0.29) is 12.5 Å². The lowest BCUT2D eigenvalue weighted by Gasteiger charge is -2.34. The maximum Gasteiger partial charge on any atom is 0.260 e. The lowest BCUT2D eigenvalue weighted by atomic mass is 10.3. The van der Waals surface area contributed by atoms with Crippen molar-refractivity contribution in [3.05, 3.63) is 59.9 Å². The standard InChI is InChI=1S/C21H22F2N6O3/c1-31-16-3-5-17(6-4-16)32-14-21(30)28-10-8-27(9-11-28)13-20-24-25-26-29(20)15-2-7-18(22)19(23)12-15/h2-7,12H,8-11,13-14H2,1H3. The number of aromatic nitrogens is 4. The molecule has 1 amide bonds. The van der Waals surface area contributed by atoms with Crippen LogP contribution < -0.4 is 9.47 Å². The molecule has 168 valence electrons. The summed E-state index contributed by atoms with van der Waals surface area (Å²) in [6, 6.07) is 10.5. The molecule has 0 unspecified atom stereocenters. The van der Waals surface area contributed by atoms with Crippen molar-refractivity contribution in [3.8, 4) is 17.2 Å². The van der Waals surface area contributed by atoms with Crippen molar-refractivity contribution in [2.45, 2.75) is 6.54 Å². The summed E-state index contributed by atoms with van der Waals surface area (Å²) in [4.78, 5) is 16.3. The molecule has 0 spiro atoms. The molecular weight excluding hydrogens is 422 g/mol. The highest BCUT2D eigenvalue weighted by Gasteiger charge is 2.23. The SMILES string of the molecule is COc1ccc(OCC(=O)N2CCN(Cc3nnnn3-c3ccc(F)c(F)c3)CC2)cc1. The van der Waals surface area contributed by atoms with Crippen LogP contribution in [0.25, 0.3) is 5.69 Å². The Balaban J connectivity index is 1.28. The van der Waals surface area contributed by atoms with Crippen LogP contribution in [0.3, 0.4) is 0 Å². The first-order valence-electron chi connectivity index (χ1n) is 10.0. The third-order valence-corrected chi connectivity index (χ3v) is 5.19. The number of amides is 1. The molecule has 9 nitrogen and oxygen atoms in total. The molecule has 1 aromatic heterocycles. The molecule has 1 fully saturated rings. The van der Waals surface area contributed by atoms with Crippen molar-refractivity contribution >= 4 is 5.91 Å². The van der Waals surface area contributed by atoms with E-state index < -0.39 is 11.6 Å². The molecule has 0 radical (unpaired) electrons. The van der Waals surface area contributed by atoms with Crippen LogP contribution in [0.15, 0.2) is 42.5 Å². The molecule has 32 heavy (non-hydrogen) atoms. The van der Waals surface area contributed by atoms with Crippen molar-refractivity contribution in [3.63, 3.8) is 0 Å². The lowest BCUT2D eigenvalue weighted by molar-refractivity contribution is -0.135. The molecule has 0 bridgehead atoms. The third-order valence-electron chi connectivity index (χ3n) is 5.19. The Morgan fingerprint density at radius 2 is 1.72 bits per heavy atom. The Hall–Kier alpha value is -3.60. The zero-order chi connectivity index (χ0) is 22.5. The highest BCUT2D eigenvalue weighted by atomic mass is 19.2. The second-order valence-corrected chi connectivity index (χ2v) is 7.23. The van der Waals surface area contributed by atoms with E-state index >= 15 is 0 Å². The normalized spacial score (nSPS) is 14.4. The second kappa shape index (κ2) is 9.69. The summed E-state index contributed by atoms with van der Waals surface area (Å²) in [7, 11) is 1.59. The number of tetrazole rings is 1. The first-order valence-corrected chi connectivity index (χ1v) is 10.0. The number of nitrogens with zero attached hydrogens (tertiary/aromatic N) is 6. The number of ether oxygens (including phenoxy) is 2. The number of methoxy groups -OCH3 is 1. The molecule has 1 aliphatic rings. The number of rotatable bonds is 7. The van der Waals surface area contributed by atoms with Gasteiger partial charge in [-0.15, -0.1) is 5.10 Å². The zero-order valence-electron chi connectivity index (χ0n) is 17.4. The number of carbonyl (C=O) groups excluding carboxylic acids is 1. The first kappa shape index (κ1) is 21.6. The molecule has 1 saturated heterocycles. The molecule has 0 atom stereocenters. The minimum atomic E-state index is -0.965. The molecule has 3 aromatic rings. The monoisotopic (exact) mass is 444 g/mol. The molecule has 0 aliphatic carbocycles. The van der Waals surface area contributed by atoms with Crippen LogP contribution in [0.4, 0.5) is 8.78 Å². The van der Waals surface area contributed by atoms with Gasteiger partial charge in [-0.1, -0.05) is 0 Å². The van der Waals surface area contributed by atoms with E-state index in [2.05, 4.69) is 20.4 Å². The van der Waals surface area contributed by atoms with Crippen LogP contribution in [-0.2, 0) is 11.3 Å². The molecule has 0 saturated carbocycles. The van der Waals surface area contributed by atoms with Crippen molar-refractivity contribution in [1.82, 2.24) is 30.0 Å². The number of piperazine rings is 1. The fourth-order valence-electron chi connectivity index (χ4n) is 3.39. The zero-order valence-corrected chi connectivity index (χ0v) is 17.4. The number of hydrogen-bond acceptors (Lipinski definition) is 7. The molecule has 2 heterocycles. The van der Waals surface area contributed by atoms with Crippen molar-refractivity contribution in [2.75, 3.05) is 39.9 Å². The van der Waals surface area contributed by atoms with Crippen LogP contribution >= 0.6 is 0 Å². The van der Waals surface area contributed by atoms with Gasteiger partial charge in [0.15, 0.2) is 24.1 Å². The van der Waals surface area contributed by atoms with E-state index in [1.807, 2.05) is 0 Å². The topological polar surface area (TPSA) is 85.6 Å². The van der Waals surface area contributed by atoms with Gasteiger partial charge in [-0.25, -0.2) is 8.78 Å². The van der Waals surface area contributed by atoms with Crippen molar-refractivity contribution in [1.29, 1.82) is 0 Å². The minimum absolute atomic E-state index is 0.0410. The quantitative estimate of drug-likeness (QED) is 0.548. The molecule has 11 heteroatoms. The largest absolute Gasteiger partial charge is 0.497 e. The fourth-order valence-corrected chi connectivity index (χ4v) is 3.39. The molecular formula is C21H22F2N6O3. The van der Waals surface area contributed by atoms with E-state index in [0.29, 0.717) is 50.0 Å². The van der Waals surface area contributed by atoms with Gasteiger partial charge in [0.25, 0.3) is 5.91 Å². The fraction of sp³-hybridized carbons (Fsp3) is 0.333. The van der Waals surface area contributed by atoms with Crippen molar-refractivity contribution < 1.29 is 23.0 Å². The van der Waals surface area contributed by atoms with E-state index in [4.69, 9.17) is 9.47 Å². The first-order chi connectivity index (χ1) is 15.5. The molecule has 4 rings (SSSR count). The predicted molar refractivity (Wildman–Crippen MR) is 109 cm³/mol. The van der Waals surface area contributed by atoms with E-state index in [1.54, 1.807) is 36.3 Å². The summed E-state index contributed by atoms with van der Waals surface area (Å²) in [5.74, 6) is -0.170. The van der Waals surface area contributed by atoms with Gasteiger partial charge >= 0.3 is 0 Å². The molecule has 1 aliphatic heterocycles. The minimum Gasteiger partial charge on any atom is -0.497 e. The van der Waals surface area contributed by atoms with E-state index in [9.17, 15) is 13.6 Å². The smallest absolute Gasteiger partial charge is 0.260 e. The third kappa shape index (κ3) is 4.99. The number of carbonyl (C=O) groups is 1. The number of halogens is 2. The molecule has 2 aromatic carbocycles. The Labute approximate surface area is 183 Å². The summed E-state index contributed by atoms with van der Waals surface area (Å²) in [6.07, 6.45) is 0. The number of hydrogen-bond donors (Lipinski definition) is 0. The van der Waals surface area contributed by atoms with Gasteiger partial charge in [-0.05, 0) is 46.8 Å². The van der Waals surface area contributed by atoms with Gasteiger partial charge < -0.3 is 14.4 Å². The lowest BCUT2D eigenvalue weighted by Crippen LogP contribution is -2.49. The maximum absolute atomic E-state index is 13.6. The summed E-state index contributed by atoms with van der Waals surface area (Å²) in [5, 5.41) is 11.5. The van der Waals surface area contributed by atoms with E-state index in [1.165, 1.54) is 10.7 Å². The van der Waals surface area contributed by atoms with Crippen molar-refractivity contribution in [2.24, 2.45) is 0 Å². The van der Waals surface area contributed by atoms with Gasteiger partial charge in [0.2, 0.25) is 0 Å². The Bertz CT molecular complexity index is 1070. The Morgan fingerprint density at radius 1 is 1.00 bits per heavy atom. The summed E-state index contributed by atoms with van der Waals surface area (Å²) in [6.45, 7) is 2.70. The van der Waals surface area contributed by atoms with Crippen LogP contribution in [0.5, 0.6) is 11.5 Å². The second-order valence-electron chi connectivity index (χ2n) is 7.23. The van der Waals surface area contributed by atoms with Crippen LogP contribution in [0.2, 0.25) is 0 Å². The maximum atomic E-state index is 13.6. The average molecular weight is 444 g/mol. The number of benzene rings is 2. The summed E-state index contributed by atoms with van der Waals surface area (Å²) in [5.41, 5.74) is 0.341. The highest BCUT2D eigenvalue weighted by Crippen LogP contribution is 2.18. The van der Waals surface area contributed by atoms with Gasteiger partial charge in [-0.3, -0.25) is 9.69 Å². The van der Waals surface area contributed by atoms with Crippen LogP contribution in [-0.4, -0.2) is 75.8 Å². The Kier molecular flexibility index (Phi) is 6.55. The van der Waals surface area contributed by atoms with Crippen LogP contribution in [0, 0.1) is 11.6 Å². The van der Waals surface area contributed by atoms with Gasteiger partial charge in [0.05, 0.1) is 19.3 Å². The highest BCUT2D eigenvalue weighted by molar-refractivity contribution is 5.77.